The van der Waals surface area contributed by atoms with E-state index in [0.717, 1.165) is 36.8 Å². The van der Waals surface area contributed by atoms with Crippen LogP contribution in [-0.4, -0.2) is 64.3 Å². The fourth-order valence-electron chi connectivity index (χ4n) is 7.02. The van der Waals surface area contributed by atoms with E-state index in [1.165, 1.54) is 32.1 Å². The van der Waals surface area contributed by atoms with Gasteiger partial charge < -0.3 is 19.6 Å². The summed E-state index contributed by atoms with van der Waals surface area (Å²) in [6.45, 7) is 3.43. The highest BCUT2D eigenvalue weighted by Crippen LogP contribution is 2.41. The summed E-state index contributed by atoms with van der Waals surface area (Å²) in [6.07, 6.45) is 8.70. The molecule has 0 spiro atoms. The second-order valence-corrected chi connectivity index (χ2v) is 11.6. The number of phenols is 1. The van der Waals surface area contributed by atoms with Crippen LogP contribution in [0, 0.1) is 17.7 Å². The quantitative estimate of drug-likeness (QED) is 0.340. The van der Waals surface area contributed by atoms with E-state index in [2.05, 4.69) is 26.8 Å². The van der Waals surface area contributed by atoms with Crippen molar-refractivity contribution in [2.45, 2.75) is 44.6 Å². The van der Waals surface area contributed by atoms with Crippen molar-refractivity contribution in [2.24, 2.45) is 11.8 Å². The van der Waals surface area contributed by atoms with Gasteiger partial charge in [-0.1, -0.05) is 24.3 Å². The first-order valence-electron chi connectivity index (χ1n) is 14.2. The van der Waals surface area contributed by atoms with Gasteiger partial charge in [-0.2, -0.15) is 9.97 Å². The fraction of sp³-hybridized carbons (Fsp3) is 0.452. The summed E-state index contributed by atoms with van der Waals surface area (Å²) in [6, 6.07) is 11.6. The predicted octanol–water partition coefficient (Wildman–Crippen LogP) is 5.79. The van der Waals surface area contributed by atoms with E-state index in [-0.39, 0.29) is 23.0 Å². The van der Waals surface area contributed by atoms with Crippen LogP contribution in [-0.2, 0) is 0 Å². The van der Waals surface area contributed by atoms with Gasteiger partial charge in [-0.3, -0.25) is 4.98 Å². The number of benzene rings is 2. The van der Waals surface area contributed by atoms with Crippen LogP contribution in [0.15, 0.2) is 42.6 Å². The number of hydrogen-bond acceptors (Lipinski definition) is 7. The van der Waals surface area contributed by atoms with Gasteiger partial charge in [0.25, 0.3) is 0 Å². The minimum Gasteiger partial charge on any atom is -0.508 e. The highest BCUT2D eigenvalue weighted by Gasteiger charge is 2.35. The zero-order valence-electron chi connectivity index (χ0n) is 22.3. The maximum atomic E-state index is 16.4. The lowest BCUT2D eigenvalue weighted by Crippen LogP contribution is -2.37. The van der Waals surface area contributed by atoms with E-state index in [0.29, 0.717) is 41.3 Å². The minimum atomic E-state index is -0.521. The molecular formula is C31H34FN5O2. The van der Waals surface area contributed by atoms with Crippen LogP contribution in [0.4, 0.5) is 10.2 Å². The molecule has 2 aliphatic heterocycles. The summed E-state index contributed by atoms with van der Waals surface area (Å²) in [5.41, 5.74) is 0.910. The van der Waals surface area contributed by atoms with Crippen molar-refractivity contribution in [1.29, 1.82) is 0 Å². The average Bonchev–Trinajstić information content (AvgIpc) is 3.51. The molecule has 4 aromatic rings. The zero-order valence-corrected chi connectivity index (χ0v) is 22.3. The van der Waals surface area contributed by atoms with Crippen molar-refractivity contribution >= 4 is 27.5 Å². The fourth-order valence-corrected chi connectivity index (χ4v) is 7.02. The summed E-state index contributed by atoms with van der Waals surface area (Å²) < 4.78 is 22.5. The number of hydrogen-bond donors (Lipinski definition) is 1. The molecular weight excluding hydrogens is 493 g/mol. The number of fused-ring (bicyclic) bond motifs is 4. The SMILES string of the molecule is CN1CCC[C@H]1CCOc1nc(N2CC3CCC(C3)C2)c2cnc(-c3cc(O)cc4ccccc34)c(F)c2n1. The number of likely N-dealkylation sites (tertiary alicyclic amines) is 1. The molecule has 2 unspecified atom stereocenters. The molecule has 2 bridgehead atoms. The largest absolute Gasteiger partial charge is 0.508 e. The number of ether oxygens (including phenoxy) is 1. The number of aromatic hydroxyl groups is 1. The number of phenolic OH excluding ortho intramolecular Hbond substituents is 1. The van der Waals surface area contributed by atoms with E-state index in [1.54, 1.807) is 18.3 Å². The van der Waals surface area contributed by atoms with Gasteiger partial charge in [-0.05, 0) is 86.9 Å². The normalized spacial score (nSPS) is 23.2. The van der Waals surface area contributed by atoms with Crippen LogP contribution in [0.5, 0.6) is 11.8 Å². The Morgan fingerprint density at radius 1 is 1.05 bits per heavy atom. The second kappa shape index (κ2) is 9.90. The molecule has 1 N–H and O–H groups in total. The number of halogens is 1. The van der Waals surface area contributed by atoms with Crippen molar-refractivity contribution in [2.75, 3.05) is 38.2 Å². The average molecular weight is 528 g/mol. The number of anilines is 1. The van der Waals surface area contributed by atoms with Gasteiger partial charge in [0.1, 0.15) is 22.8 Å². The number of aromatic nitrogens is 3. The molecule has 2 aromatic carbocycles. The lowest BCUT2D eigenvalue weighted by Gasteiger charge is -2.33. The molecule has 0 radical (unpaired) electrons. The van der Waals surface area contributed by atoms with Crippen LogP contribution < -0.4 is 9.64 Å². The molecule has 7 nitrogen and oxygen atoms in total. The van der Waals surface area contributed by atoms with Gasteiger partial charge in [0, 0.05) is 30.9 Å². The van der Waals surface area contributed by atoms with Crippen molar-refractivity contribution in [3.8, 4) is 23.0 Å². The summed E-state index contributed by atoms with van der Waals surface area (Å²) in [4.78, 5) is 18.7. The van der Waals surface area contributed by atoms with Crippen molar-refractivity contribution < 1.29 is 14.2 Å². The molecule has 1 saturated carbocycles. The standard InChI is InChI=1S/C31H34FN5O2/c1-36-11-4-6-22(36)10-12-39-31-34-29-26(30(35-31)37-17-19-8-9-20(13-19)18-37)16-33-28(27(29)32)25-15-23(38)14-21-5-2-3-7-24(21)25/h2-3,5,7,14-16,19-20,22,38H,4,6,8-13,17-18H2,1H3/t19?,20?,22-/m0/s1. The molecule has 3 atom stereocenters. The molecule has 202 valence electrons. The zero-order chi connectivity index (χ0) is 26.5. The molecule has 4 heterocycles. The second-order valence-electron chi connectivity index (χ2n) is 11.6. The lowest BCUT2D eigenvalue weighted by atomic mass is 9.98. The molecule has 1 aliphatic carbocycles. The molecule has 2 saturated heterocycles. The van der Waals surface area contributed by atoms with E-state index in [4.69, 9.17) is 9.72 Å². The van der Waals surface area contributed by atoms with Gasteiger partial charge >= 0.3 is 6.01 Å². The molecule has 2 aromatic heterocycles. The lowest BCUT2D eigenvalue weighted by molar-refractivity contribution is 0.223. The smallest absolute Gasteiger partial charge is 0.319 e. The van der Waals surface area contributed by atoms with Crippen LogP contribution in [0.2, 0.25) is 0 Å². The number of rotatable bonds is 6. The minimum absolute atomic E-state index is 0.0677. The van der Waals surface area contributed by atoms with E-state index in [9.17, 15) is 5.11 Å². The summed E-state index contributed by atoms with van der Waals surface area (Å²) in [5.74, 6) is 1.55. The van der Waals surface area contributed by atoms with E-state index in [1.807, 2.05) is 24.3 Å². The van der Waals surface area contributed by atoms with Crippen molar-refractivity contribution in [3.05, 3.63) is 48.4 Å². The van der Waals surface area contributed by atoms with Gasteiger partial charge in [-0.15, -0.1) is 0 Å². The topological polar surface area (TPSA) is 74.6 Å². The molecule has 0 amide bonds. The Bertz CT molecular complexity index is 1530. The predicted molar refractivity (Wildman–Crippen MR) is 151 cm³/mol. The first-order chi connectivity index (χ1) is 19.0. The van der Waals surface area contributed by atoms with Gasteiger partial charge in [0.15, 0.2) is 5.82 Å². The maximum Gasteiger partial charge on any atom is 0.319 e. The van der Waals surface area contributed by atoms with Crippen LogP contribution in [0.3, 0.4) is 0 Å². The number of nitrogens with zero attached hydrogens (tertiary/aromatic N) is 5. The molecule has 8 heteroatoms. The van der Waals surface area contributed by atoms with Gasteiger partial charge in [0.05, 0.1) is 12.0 Å². The van der Waals surface area contributed by atoms with Crippen LogP contribution in [0.25, 0.3) is 32.9 Å². The Morgan fingerprint density at radius 2 is 1.87 bits per heavy atom. The van der Waals surface area contributed by atoms with Crippen LogP contribution in [0.1, 0.15) is 38.5 Å². The first-order valence-corrected chi connectivity index (χ1v) is 14.2. The highest BCUT2D eigenvalue weighted by atomic mass is 19.1. The highest BCUT2D eigenvalue weighted by molar-refractivity contribution is 5.99. The third kappa shape index (κ3) is 4.54. The summed E-state index contributed by atoms with van der Waals surface area (Å²) in [7, 11) is 2.15. The summed E-state index contributed by atoms with van der Waals surface area (Å²) >= 11 is 0. The Labute approximate surface area is 227 Å². The molecule has 3 aliphatic rings. The van der Waals surface area contributed by atoms with Gasteiger partial charge in [0.2, 0.25) is 0 Å². The van der Waals surface area contributed by atoms with E-state index < -0.39 is 5.82 Å². The Balaban J connectivity index is 1.31. The number of pyridine rings is 1. The Kier molecular flexibility index (Phi) is 6.22. The molecule has 3 fully saturated rings. The Morgan fingerprint density at radius 3 is 2.67 bits per heavy atom. The van der Waals surface area contributed by atoms with Gasteiger partial charge in [-0.25, -0.2) is 4.39 Å². The number of piperidine rings is 1. The molecule has 39 heavy (non-hydrogen) atoms. The third-order valence-corrected chi connectivity index (χ3v) is 9.01. The third-order valence-electron chi connectivity index (χ3n) is 9.01. The Hall–Kier alpha value is -3.52. The summed E-state index contributed by atoms with van der Waals surface area (Å²) in [5, 5.41) is 12.6. The maximum absolute atomic E-state index is 16.4. The van der Waals surface area contributed by atoms with Crippen LogP contribution >= 0.6 is 0 Å². The van der Waals surface area contributed by atoms with E-state index >= 15 is 4.39 Å². The first kappa shape index (κ1) is 24.5. The monoisotopic (exact) mass is 527 g/mol. The molecule has 7 rings (SSSR count). The van der Waals surface area contributed by atoms with Crippen molar-refractivity contribution in [1.82, 2.24) is 19.9 Å². The van der Waals surface area contributed by atoms with Crippen molar-refractivity contribution in [3.63, 3.8) is 0 Å².